The van der Waals surface area contributed by atoms with Crippen molar-refractivity contribution in [2.75, 3.05) is 5.32 Å². The van der Waals surface area contributed by atoms with Crippen LogP contribution >= 0.6 is 0 Å². The van der Waals surface area contributed by atoms with Gasteiger partial charge in [-0.05, 0) is 48.6 Å². The highest BCUT2D eigenvalue weighted by atomic mass is 19.4. The minimum Gasteiger partial charge on any atom is -0.508 e. The number of alkyl halides is 3. The molecule has 1 unspecified atom stereocenters. The zero-order valence-corrected chi connectivity index (χ0v) is 16.7. The highest BCUT2D eigenvalue weighted by molar-refractivity contribution is 5.97. The van der Waals surface area contributed by atoms with E-state index in [0.29, 0.717) is 24.5 Å². The molecule has 0 aliphatic heterocycles. The van der Waals surface area contributed by atoms with Gasteiger partial charge in [0.2, 0.25) is 0 Å². The number of phenolic OH excluding ortho intramolecular Hbond substituents is 1. The number of hydrogen-bond acceptors (Lipinski definition) is 4. The molecule has 1 fully saturated rings. The SMILES string of the molecule is N#Cc1ccc(NC(=O)C(O)(Cc2ccccc2O)C2CCCCC2)cc1C(F)(F)F. The molecule has 1 amide bonds. The number of halogens is 3. The Balaban J connectivity index is 1.94. The van der Waals surface area contributed by atoms with E-state index in [1.165, 1.54) is 18.2 Å². The second-order valence-electron chi connectivity index (χ2n) is 7.89. The van der Waals surface area contributed by atoms with Crippen LogP contribution in [-0.2, 0) is 17.4 Å². The smallest absolute Gasteiger partial charge is 0.417 e. The number of carbonyl (C=O) groups excluding carboxylic acids is 1. The Morgan fingerprint density at radius 2 is 1.81 bits per heavy atom. The monoisotopic (exact) mass is 432 g/mol. The Morgan fingerprint density at radius 1 is 1.13 bits per heavy atom. The molecular weight excluding hydrogens is 409 g/mol. The van der Waals surface area contributed by atoms with Crippen LogP contribution in [0.1, 0.15) is 48.8 Å². The summed E-state index contributed by atoms with van der Waals surface area (Å²) in [6.07, 6.45) is -1.10. The first-order valence-corrected chi connectivity index (χ1v) is 10.1. The van der Waals surface area contributed by atoms with Crippen molar-refractivity contribution in [3.63, 3.8) is 0 Å². The zero-order chi connectivity index (χ0) is 22.6. The Labute approximate surface area is 178 Å². The Morgan fingerprint density at radius 3 is 2.42 bits per heavy atom. The summed E-state index contributed by atoms with van der Waals surface area (Å²) in [5, 5.41) is 33.0. The molecule has 5 nitrogen and oxygen atoms in total. The average molecular weight is 432 g/mol. The van der Waals surface area contributed by atoms with Gasteiger partial charge >= 0.3 is 6.18 Å². The normalized spacial score (nSPS) is 16.9. The van der Waals surface area contributed by atoms with Crippen LogP contribution in [0.2, 0.25) is 0 Å². The lowest BCUT2D eigenvalue weighted by Gasteiger charge is -2.37. The van der Waals surface area contributed by atoms with Crippen molar-refractivity contribution in [2.24, 2.45) is 5.92 Å². The van der Waals surface area contributed by atoms with E-state index >= 15 is 0 Å². The van der Waals surface area contributed by atoms with Gasteiger partial charge in [0.25, 0.3) is 5.91 Å². The number of aromatic hydroxyl groups is 1. The minimum atomic E-state index is -4.76. The Kier molecular flexibility index (Phi) is 6.56. The third-order valence-electron chi connectivity index (χ3n) is 5.83. The molecule has 8 heteroatoms. The van der Waals surface area contributed by atoms with Crippen LogP contribution in [-0.4, -0.2) is 21.7 Å². The van der Waals surface area contributed by atoms with Gasteiger partial charge in [-0.2, -0.15) is 18.4 Å². The largest absolute Gasteiger partial charge is 0.508 e. The molecule has 2 aromatic carbocycles. The van der Waals surface area contributed by atoms with Crippen molar-refractivity contribution >= 4 is 11.6 Å². The van der Waals surface area contributed by atoms with Crippen LogP contribution < -0.4 is 5.32 Å². The van der Waals surface area contributed by atoms with Crippen LogP contribution in [0.15, 0.2) is 42.5 Å². The summed E-state index contributed by atoms with van der Waals surface area (Å²) < 4.78 is 39.8. The Bertz CT molecular complexity index is 994. The fourth-order valence-corrected chi connectivity index (χ4v) is 4.13. The maximum absolute atomic E-state index is 13.3. The molecule has 1 aliphatic rings. The molecule has 2 aromatic rings. The summed E-state index contributed by atoms with van der Waals surface area (Å²) in [6.45, 7) is 0. The number of nitriles is 1. The first-order chi connectivity index (χ1) is 14.6. The van der Waals surface area contributed by atoms with E-state index in [-0.39, 0.29) is 17.9 Å². The summed E-state index contributed by atoms with van der Waals surface area (Å²) in [6, 6.07) is 10.7. The van der Waals surface area contributed by atoms with Crippen LogP contribution in [0.4, 0.5) is 18.9 Å². The maximum atomic E-state index is 13.3. The quantitative estimate of drug-likeness (QED) is 0.634. The number of para-hydroxylation sites is 1. The molecule has 0 bridgehead atoms. The number of nitrogens with one attached hydrogen (secondary N) is 1. The van der Waals surface area contributed by atoms with Crippen molar-refractivity contribution in [1.82, 2.24) is 0 Å². The molecule has 1 aliphatic carbocycles. The second-order valence-corrected chi connectivity index (χ2v) is 7.89. The first kappa shape index (κ1) is 22.6. The molecule has 1 saturated carbocycles. The fourth-order valence-electron chi connectivity index (χ4n) is 4.13. The van der Waals surface area contributed by atoms with E-state index in [4.69, 9.17) is 5.26 Å². The van der Waals surface area contributed by atoms with Crippen molar-refractivity contribution in [3.05, 3.63) is 59.2 Å². The van der Waals surface area contributed by atoms with Crippen LogP contribution in [0.5, 0.6) is 5.75 Å². The van der Waals surface area contributed by atoms with Crippen LogP contribution in [0.25, 0.3) is 0 Å². The van der Waals surface area contributed by atoms with Crippen LogP contribution in [0, 0.1) is 17.2 Å². The lowest BCUT2D eigenvalue weighted by atomic mass is 9.73. The molecule has 0 radical (unpaired) electrons. The number of phenols is 1. The van der Waals surface area contributed by atoms with Crippen molar-refractivity contribution in [2.45, 2.75) is 50.3 Å². The van der Waals surface area contributed by atoms with Gasteiger partial charge in [-0.3, -0.25) is 4.79 Å². The molecule has 0 aromatic heterocycles. The fraction of sp³-hybridized carbons (Fsp3) is 0.391. The topological polar surface area (TPSA) is 93.4 Å². The standard InChI is InChI=1S/C23H23F3N2O3/c24-23(25,26)19-12-18(11-10-16(19)14-27)28-21(30)22(31,17-7-2-1-3-8-17)13-15-6-4-5-9-20(15)29/h4-6,9-12,17,29,31H,1-3,7-8,13H2,(H,28,30). The van der Waals surface area contributed by atoms with Gasteiger partial charge in [0, 0.05) is 12.1 Å². The summed E-state index contributed by atoms with van der Waals surface area (Å²) >= 11 is 0. The van der Waals surface area contributed by atoms with Gasteiger partial charge in [0.15, 0.2) is 0 Å². The van der Waals surface area contributed by atoms with E-state index in [1.807, 2.05) is 0 Å². The maximum Gasteiger partial charge on any atom is 0.417 e. The molecule has 1 atom stereocenters. The van der Waals surface area contributed by atoms with Crippen molar-refractivity contribution in [1.29, 1.82) is 5.26 Å². The van der Waals surface area contributed by atoms with Gasteiger partial charge in [0.05, 0.1) is 17.2 Å². The summed E-state index contributed by atoms with van der Waals surface area (Å²) in [4.78, 5) is 13.2. The molecule has 0 heterocycles. The molecule has 0 spiro atoms. The highest BCUT2D eigenvalue weighted by Gasteiger charge is 2.45. The van der Waals surface area contributed by atoms with Crippen molar-refractivity contribution < 1.29 is 28.2 Å². The number of nitrogens with zero attached hydrogens (tertiary/aromatic N) is 1. The zero-order valence-electron chi connectivity index (χ0n) is 16.7. The number of anilines is 1. The lowest BCUT2D eigenvalue weighted by molar-refractivity contribution is -0.142. The Hall–Kier alpha value is -3.05. The predicted octanol–water partition coefficient (Wildman–Crippen LogP) is 4.78. The minimum absolute atomic E-state index is 0.0673. The van der Waals surface area contributed by atoms with Crippen molar-refractivity contribution in [3.8, 4) is 11.8 Å². The van der Waals surface area contributed by atoms with Gasteiger partial charge in [0.1, 0.15) is 11.4 Å². The van der Waals surface area contributed by atoms with E-state index in [1.54, 1.807) is 18.2 Å². The number of carbonyl (C=O) groups is 1. The number of aliphatic hydroxyl groups is 1. The summed E-state index contributed by atoms with van der Waals surface area (Å²) in [5.74, 6) is -1.30. The van der Waals surface area contributed by atoms with E-state index in [0.717, 1.165) is 25.3 Å². The van der Waals surface area contributed by atoms with Gasteiger partial charge < -0.3 is 15.5 Å². The first-order valence-electron chi connectivity index (χ1n) is 10.1. The lowest BCUT2D eigenvalue weighted by Crippen LogP contribution is -2.51. The molecule has 0 saturated heterocycles. The van der Waals surface area contributed by atoms with Gasteiger partial charge in [-0.1, -0.05) is 37.5 Å². The van der Waals surface area contributed by atoms with Gasteiger partial charge in [-0.25, -0.2) is 0 Å². The van der Waals surface area contributed by atoms with Crippen LogP contribution in [0.3, 0.4) is 0 Å². The highest BCUT2D eigenvalue weighted by Crippen LogP contribution is 2.38. The van der Waals surface area contributed by atoms with E-state index < -0.39 is 34.7 Å². The average Bonchev–Trinajstić information content (AvgIpc) is 2.75. The third-order valence-corrected chi connectivity index (χ3v) is 5.83. The predicted molar refractivity (Wildman–Crippen MR) is 108 cm³/mol. The number of benzene rings is 2. The summed E-state index contributed by atoms with van der Waals surface area (Å²) in [5.41, 5.74) is -3.41. The van der Waals surface area contributed by atoms with E-state index in [2.05, 4.69) is 5.32 Å². The van der Waals surface area contributed by atoms with E-state index in [9.17, 15) is 28.2 Å². The molecule has 164 valence electrons. The number of amides is 1. The molecule has 3 N–H and O–H groups in total. The number of hydrogen-bond donors (Lipinski definition) is 3. The molecule has 3 rings (SSSR count). The number of rotatable bonds is 5. The summed E-state index contributed by atoms with van der Waals surface area (Å²) in [7, 11) is 0. The molecular formula is C23H23F3N2O3. The molecule has 31 heavy (non-hydrogen) atoms. The second kappa shape index (κ2) is 8.98. The van der Waals surface area contributed by atoms with Gasteiger partial charge in [-0.15, -0.1) is 0 Å². The third kappa shape index (κ3) is 5.00.